The van der Waals surface area contributed by atoms with Gasteiger partial charge in [-0.25, -0.2) is 24.9 Å². The molecule has 12 rings (SSSR count). The van der Waals surface area contributed by atoms with Gasteiger partial charge in [0.2, 0.25) is 0 Å². The Balaban J connectivity index is 1.07. The van der Waals surface area contributed by atoms with Crippen LogP contribution in [0.2, 0.25) is 0 Å². The quantitative estimate of drug-likeness (QED) is 0.143. The molecule has 70 heavy (non-hydrogen) atoms. The smallest absolute Gasteiger partial charge is 0.164 e. The number of nitrogens with zero attached hydrogens (tertiary/aromatic N) is 9. The topological polar surface area (TPSA) is 82.5 Å². The first-order valence-corrected chi connectivity index (χ1v) is 23.7. The lowest BCUT2D eigenvalue weighted by molar-refractivity contribution is 1.07. The van der Waals surface area contributed by atoms with Crippen LogP contribution in [0.5, 0.6) is 0 Å². The Labute approximate surface area is 406 Å². The Hall–Kier alpha value is -8.95. The molecule has 338 valence electrons. The molecule has 0 fully saturated rings. The van der Waals surface area contributed by atoms with Crippen LogP contribution in [0.1, 0.15) is 33.4 Å². The molecule has 0 N–H and O–H groups in total. The summed E-state index contributed by atoms with van der Waals surface area (Å²) in [6, 6.07) is 61.5. The highest BCUT2D eigenvalue weighted by Crippen LogP contribution is 2.46. The van der Waals surface area contributed by atoms with Gasteiger partial charge >= 0.3 is 0 Å². The highest BCUT2D eigenvalue weighted by Gasteiger charge is 2.27. The van der Waals surface area contributed by atoms with Crippen molar-refractivity contribution in [2.75, 3.05) is 4.90 Å². The summed E-state index contributed by atoms with van der Waals surface area (Å²) < 4.78 is 6.63. The molecule has 5 heterocycles. The lowest BCUT2D eigenvalue weighted by Crippen LogP contribution is -2.16. The lowest BCUT2D eigenvalue weighted by Gasteiger charge is -2.32. The second kappa shape index (κ2) is 17.0. The van der Waals surface area contributed by atoms with Gasteiger partial charge in [-0.2, -0.15) is 0 Å². The number of anilines is 3. The first kappa shape index (κ1) is 42.4. The fourth-order valence-corrected chi connectivity index (χ4v) is 10.1. The number of para-hydroxylation sites is 5. The molecule has 0 spiro atoms. The third-order valence-corrected chi connectivity index (χ3v) is 13.5. The van der Waals surface area contributed by atoms with Gasteiger partial charge < -0.3 is 4.90 Å². The monoisotopic (exact) mass is 907 g/mol. The predicted octanol–water partition coefficient (Wildman–Crippen LogP) is 14.8. The van der Waals surface area contributed by atoms with Crippen molar-refractivity contribution in [1.82, 2.24) is 38.6 Å². The van der Waals surface area contributed by atoms with Crippen molar-refractivity contribution in [3.8, 4) is 51.2 Å². The maximum Gasteiger partial charge on any atom is 0.164 e. The van der Waals surface area contributed by atoms with E-state index in [1.165, 1.54) is 0 Å². The largest absolute Gasteiger partial charge is 0.310 e. The summed E-state index contributed by atoms with van der Waals surface area (Å²) in [7, 11) is 0. The van der Waals surface area contributed by atoms with Crippen LogP contribution in [0.4, 0.5) is 17.1 Å². The maximum atomic E-state index is 5.29. The summed E-state index contributed by atoms with van der Waals surface area (Å²) in [6.07, 6.45) is 3.67. The van der Waals surface area contributed by atoms with Gasteiger partial charge in [-0.1, -0.05) is 66.7 Å². The number of rotatable bonds is 9. The Morgan fingerprint density at radius 3 is 1.10 bits per heavy atom. The minimum Gasteiger partial charge on any atom is -0.310 e. The molecule has 9 nitrogen and oxygen atoms in total. The number of imidazole rings is 3. The second-order valence-corrected chi connectivity index (χ2v) is 18.2. The standard InChI is InChI=1S/C61H49N9/c1-38-35-54(41(4)32-47(38)57-64-50-26-16-17-29-53(50)67(57)44-20-10-7-11-21-44)70(55-36-39(2)48(33-42(55)5)58-65-51-27-18-30-62-60(51)68(58)45-22-12-8-13-23-45)56-37-40(3)49(34-43(56)6)59-66-52-28-19-31-63-61(52)69(59)46-24-14-9-15-25-46/h7-37H,1-6H3. The van der Waals surface area contributed by atoms with Crippen molar-refractivity contribution in [2.45, 2.75) is 41.5 Å². The molecule has 0 saturated heterocycles. The molecule has 7 aromatic carbocycles. The predicted molar refractivity (Wildman–Crippen MR) is 285 cm³/mol. The zero-order valence-electron chi connectivity index (χ0n) is 39.9. The summed E-state index contributed by atoms with van der Waals surface area (Å²) in [5, 5.41) is 0. The van der Waals surface area contributed by atoms with Gasteiger partial charge in [-0.3, -0.25) is 13.7 Å². The van der Waals surface area contributed by atoms with Crippen molar-refractivity contribution >= 4 is 50.4 Å². The van der Waals surface area contributed by atoms with Crippen molar-refractivity contribution in [3.63, 3.8) is 0 Å². The molecule has 0 bridgehead atoms. The van der Waals surface area contributed by atoms with E-state index in [1.54, 1.807) is 0 Å². The Kier molecular flexibility index (Phi) is 10.3. The maximum absolute atomic E-state index is 5.29. The summed E-state index contributed by atoms with van der Waals surface area (Å²) in [5.74, 6) is 2.61. The molecule has 0 aliphatic rings. The van der Waals surface area contributed by atoms with E-state index in [-0.39, 0.29) is 0 Å². The summed E-state index contributed by atoms with van der Waals surface area (Å²) in [6.45, 7) is 13.2. The van der Waals surface area contributed by atoms with E-state index in [1.807, 2.05) is 48.8 Å². The van der Waals surface area contributed by atoms with Gasteiger partial charge in [0.15, 0.2) is 11.3 Å². The number of aromatic nitrogens is 8. The zero-order chi connectivity index (χ0) is 47.6. The number of benzene rings is 7. The molecule has 0 atom stereocenters. The van der Waals surface area contributed by atoms with Gasteiger partial charge in [0.05, 0.1) is 11.0 Å². The Bertz CT molecular complexity index is 3550. The van der Waals surface area contributed by atoms with Crippen LogP contribution in [0.25, 0.3) is 84.6 Å². The first-order valence-electron chi connectivity index (χ1n) is 23.7. The number of fused-ring (bicyclic) bond motifs is 3. The van der Waals surface area contributed by atoms with Crippen LogP contribution in [-0.2, 0) is 0 Å². The fraction of sp³-hybridized carbons (Fsp3) is 0.0984. The van der Waals surface area contributed by atoms with Crippen LogP contribution in [0.3, 0.4) is 0 Å². The molecule has 0 amide bonds. The van der Waals surface area contributed by atoms with E-state index >= 15 is 0 Å². The molecule has 0 unspecified atom stereocenters. The van der Waals surface area contributed by atoms with Gasteiger partial charge in [0.25, 0.3) is 0 Å². The molecular weight excluding hydrogens is 859 g/mol. The second-order valence-electron chi connectivity index (χ2n) is 18.2. The molecule has 9 heteroatoms. The summed E-state index contributed by atoms with van der Waals surface area (Å²) >= 11 is 0. The van der Waals surface area contributed by atoms with Gasteiger partial charge in [-0.15, -0.1) is 0 Å². The minimum atomic E-state index is 0.821. The van der Waals surface area contributed by atoms with E-state index in [4.69, 9.17) is 24.9 Å². The minimum absolute atomic E-state index is 0.821. The van der Waals surface area contributed by atoms with E-state index in [9.17, 15) is 0 Å². The average Bonchev–Trinajstić information content (AvgIpc) is 4.09. The van der Waals surface area contributed by atoms with Crippen LogP contribution in [0.15, 0.2) is 188 Å². The van der Waals surface area contributed by atoms with Crippen molar-refractivity contribution < 1.29 is 0 Å². The normalized spacial score (nSPS) is 11.6. The van der Waals surface area contributed by atoms with E-state index in [2.05, 4.69) is 200 Å². The van der Waals surface area contributed by atoms with Gasteiger partial charge in [-0.05, 0) is 184 Å². The zero-order valence-corrected chi connectivity index (χ0v) is 39.9. The van der Waals surface area contributed by atoms with E-state index in [0.29, 0.717) is 0 Å². The van der Waals surface area contributed by atoms with E-state index in [0.717, 1.165) is 135 Å². The van der Waals surface area contributed by atoms with Crippen LogP contribution in [-0.4, -0.2) is 38.6 Å². The van der Waals surface area contributed by atoms with E-state index < -0.39 is 0 Å². The number of aryl methyl sites for hydroxylation is 6. The average molecular weight is 908 g/mol. The molecular formula is C61H49N9. The van der Waals surface area contributed by atoms with Gasteiger partial charge in [0, 0.05) is 63.2 Å². The third kappa shape index (κ3) is 7.05. The molecule has 12 aromatic rings. The van der Waals surface area contributed by atoms with Gasteiger partial charge in [0.1, 0.15) is 28.5 Å². The number of pyridine rings is 2. The fourth-order valence-electron chi connectivity index (χ4n) is 10.1. The first-order chi connectivity index (χ1) is 34.2. The lowest BCUT2D eigenvalue weighted by atomic mass is 9.96. The summed E-state index contributed by atoms with van der Waals surface area (Å²) in [4.78, 5) is 27.9. The molecule has 0 aliphatic heterocycles. The Morgan fingerprint density at radius 1 is 0.329 bits per heavy atom. The van der Waals surface area contributed by atoms with Crippen molar-refractivity contribution in [2.24, 2.45) is 0 Å². The van der Waals surface area contributed by atoms with Crippen LogP contribution in [0, 0.1) is 41.5 Å². The highest BCUT2D eigenvalue weighted by molar-refractivity contribution is 5.90. The van der Waals surface area contributed by atoms with Crippen LogP contribution < -0.4 is 4.90 Å². The number of hydrogen-bond acceptors (Lipinski definition) is 6. The van der Waals surface area contributed by atoms with Crippen molar-refractivity contribution in [3.05, 3.63) is 222 Å². The molecule has 5 aromatic heterocycles. The van der Waals surface area contributed by atoms with Crippen molar-refractivity contribution in [1.29, 1.82) is 0 Å². The number of hydrogen-bond donors (Lipinski definition) is 0. The van der Waals surface area contributed by atoms with Crippen LogP contribution >= 0.6 is 0 Å². The molecule has 0 aliphatic carbocycles. The third-order valence-electron chi connectivity index (χ3n) is 13.5. The highest BCUT2D eigenvalue weighted by atomic mass is 15.2. The molecule has 0 radical (unpaired) electrons. The SMILES string of the molecule is Cc1cc(N(c2cc(C)c(-c3nc4cccnc4n3-c3ccccc3)cc2C)c2cc(C)c(-c3nc4cccnc4n3-c3ccccc3)cc2C)c(C)cc1-c1nc2ccccc2n1-c1ccccc1. The Morgan fingerprint density at radius 2 is 0.671 bits per heavy atom. The molecule has 0 saturated carbocycles. The summed E-state index contributed by atoms with van der Waals surface area (Å²) in [5.41, 5.74) is 21.5.